The van der Waals surface area contributed by atoms with Crippen molar-refractivity contribution in [2.24, 2.45) is 0 Å². The van der Waals surface area contributed by atoms with Crippen molar-refractivity contribution in [1.82, 2.24) is 26.7 Å². The number of rotatable bonds is 6. The van der Waals surface area contributed by atoms with Crippen LogP contribution in [0, 0.1) is 6.92 Å². The Morgan fingerprint density at radius 3 is 2.85 bits per heavy atom. The summed E-state index contributed by atoms with van der Waals surface area (Å²) >= 11 is 0. The van der Waals surface area contributed by atoms with Gasteiger partial charge in [0.1, 0.15) is 24.3 Å². The molecule has 9 nitrogen and oxygen atoms in total. The third-order valence-corrected chi connectivity index (χ3v) is 3.40. The van der Waals surface area contributed by atoms with Gasteiger partial charge in [0.05, 0.1) is 11.3 Å². The van der Waals surface area contributed by atoms with Gasteiger partial charge in [0, 0.05) is 26.4 Å². The number of amides is 1. The fourth-order valence-electron chi connectivity index (χ4n) is 2.19. The molecule has 26 heavy (non-hydrogen) atoms. The Kier molecular flexibility index (Phi) is 6.10. The lowest BCUT2D eigenvalue weighted by Crippen LogP contribution is -2.35. The van der Waals surface area contributed by atoms with Crippen molar-refractivity contribution in [1.29, 1.82) is 0 Å². The zero-order valence-electron chi connectivity index (χ0n) is 14.9. The molecule has 9 heteroatoms. The molecule has 1 amide bonds. The lowest BCUT2D eigenvalue weighted by Gasteiger charge is -2.09. The minimum atomic E-state index is -0.352. The summed E-state index contributed by atoms with van der Waals surface area (Å²) in [5.41, 5.74) is 4.72. The number of nitrogens with one attached hydrogen (secondary N) is 1. The van der Waals surface area contributed by atoms with Crippen molar-refractivity contribution in [2.45, 2.75) is 13.5 Å². The van der Waals surface area contributed by atoms with Crippen LogP contribution in [0.5, 0.6) is 5.75 Å². The first kappa shape index (κ1) is 19.2. The Morgan fingerprint density at radius 2 is 2.15 bits per heavy atom. The van der Waals surface area contributed by atoms with E-state index in [1.54, 1.807) is 20.3 Å². The van der Waals surface area contributed by atoms with Crippen molar-refractivity contribution < 1.29 is 18.5 Å². The van der Waals surface area contributed by atoms with E-state index in [9.17, 15) is 4.79 Å². The smallest absolute Gasteiger partial charge is 0.301 e. The number of nitrogens with zero attached hydrogens (tertiary/aromatic N) is 3. The summed E-state index contributed by atoms with van der Waals surface area (Å²) in [7, 11) is 3.43. The van der Waals surface area contributed by atoms with E-state index < -0.39 is 0 Å². The molecule has 0 aliphatic heterocycles. The number of hydrazine groups is 1. The molecule has 0 radical (unpaired) electrons. The Hall–Kier alpha value is -3.17. The normalized spacial score (nSPS) is 10.5. The van der Waals surface area contributed by atoms with E-state index in [1.807, 2.05) is 25.1 Å². The average molecular weight is 359 g/mol. The summed E-state index contributed by atoms with van der Waals surface area (Å²) in [4.78, 5) is 16.1. The number of ether oxygens (including phenoxy) is 1. The van der Waals surface area contributed by atoms with Gasteiger partial charge in [0.2, 0.25) is 0 Å². The van der Waals surface area contributed by atoms with E-state index in [0.717, 1.165) is 5.56 Å². The molecular formula is C17H21N5O4. The zero-order chi connectivity index (χ0) is 17.8. The maximum Gasteiger partial charge on any atom is 0.301 e. The zero-order valence-corrected chi connectivity index (χ0v) is 14.9. The van der Waals surface area contributed by atoms with Crippen LogP contribution < -0.4 is 16.3 Å². The van der Waals surface area contributed by atoms with E-state index >= 15 is 0 Å². The number of hydrogen-bond donors (Lipinski definition) is 2. The molecule has 0 spiro atoms. The van der Waals surface area contributed by atoms with E-state index in [1.165, 1.54) is 17.3 Å². The molecule has 0 fully saturated rings. The Morgan fingerprint density at radius 1 is 1.35 bits per heavy atom. The first-order valence-electron chi connectivity index (χ1n) is 7.61. The van der Waals surface area contributed by atoms with Gasteiger partial charge in [-0.05, 0) is 19.1 Å². The standard InChI is InChI=1S/C17H18N4O4.H3N/c1-11-13(16(20-25-11)14-6-4-5-7-18-14)10-23-12-8-15(24-9-12)17(22)19-21(2)3;/h4-9H,10H2,1-3H3,(H,19,22);1H3. The number of aromatic nitrogens is 2. The fraction of sp³-hybridized carbons (Fsp3) is 0.235. The molecule has 0 bridgehead atoms. The third-order valence-electron chi connectivity index (χ3n) is 3.40. The maximum atomic E-state index is 11.9. The second-order valence-corrected chi connectivity index (χ2v) is 5.55. The highest BCUT2D eigenvalue weighted by atomic mass is 16.5. The van der Waals surface area contributed by atoms with Crippen LogP contribution in [0.25, 0.3) is 11.4 Å². The topological polar surface area (TPSA) is 129 Å². The maximum absolute atomic E-state index is 11.9. The second-order valence-electron chi connectivity index (χ2n) is 5.55. The van der Waals surface area contributed by atoms with Gasteiger partial charge in [-0.3, -0.25) is 15.2 Å². The highest BCUT2D eigenvalue weighted by Gasteiger charge is 2.17. The van der Waals surface area contributed by atoms with E-state index in [0.29, 0.717) is 22.9 Å². The summed E-state index contributed by atoms with van der Waals surface area (Å²) in [5.74, 6) is 0.900. The molecule has 0 aliphatic carbocycles. The van der Waals surface area contributed by atoms with E-state index in [-0.39, 0.29) is 24.4 Å². The van der Waals surface area contributed by atoms with E-state index in [4.69, 9.17) is 13.7 Å². The first-order chi connectivity index (χ1) is 12.0. The fourth-order valence-corrected chi connectivity index (χ4v) is 2.19. The van der Waals surface area contributed by atoms with Crippen LogP contribution in [0.4, 0.5) is 0 Å². The third kappa shape index (κ3) is 4.26. The summed E-state index contributed by atoms with van der Waals surface area (Å²) in [6.45, 7) is 2.03. The monoisotopic (exact) mass is 359 g/mol. The highest BCUT2D eigenvalue weighted by Crippen LogP contribution is 2.25. The molecule has 3 aromatic rings. The van der Waals surface area contributed by atoms with Gasteiger partial charge in [-0.1, -0.05) is 11.2 Å². The molecule has 0 saturated heterocycles. The predicted octanol–water partition coefficient (Wildman–Crippen LogP) is 2.59. The van der Waals surface area contributed by atoms with Gasteiger partial charge < -0.3 is 19.8 Å². The first-order valence-corrected chi connectivity index (χ1v) is 7.61. The molecule has 0 aliphatic rings. The van der Waals surface area contributed by atoms with E-state index in [2.05, 4.69) is 15.6 Å². The number of hydrogen-bond acceptors (Lipinski definition) is 8. The van der Waals surface area contributed by atoms with Gasteiger partial charge in [-0.2, -0.15) is 0 Å². The van der Waals surface area contributed by atoms with Crippen molar-refractivity contribution in [2.75, 3.05) is 14.1 Å². The Bertz CT molecular complexity index is 857. The second kappa shape index (κ2) is 8.28. The summed E-state index contributed by atoms with van der Waals surface area (Å²) < 4.78 is 16.2. The molecule has 138 valence electrons. The molecule has 0 aromatic carbocycles. The van der Waals surface area contributed by atoms with Crippen molar-refractivity contribution >= 4 is 5.91 Å². The molecular weight excluding hydrogens is 338 g/mol. The van der Waals surface area contributed by atoms with Crippen LogP contribution in [-0.4, -0.2) is 35.2 Å². The van der Waals surface area contributed by atoms with Gasteiger partial charge in [-0.25, -0.2) is 5.01 Å². The number of pyridine rings is 1. The largest absolute Gasteiger partial charge is 0.485 e. The number of furan rings is 1. The lowest BCUT2D eigenvalue weighted by molar-refractivity contribution is 0.0827. The van der Waals surface area contributed by atoms with Crippen LogP contribution in [0.1, 0.15) is 21.9 Å². The van der Waals surface area contributed by atoms with Gasteiger partial charge in [0.25, 0.3) is 0 Å². The van der Waals surface area contributed by atoms with Crippen molar-refractivity contribution in [3.8, 4) is 17.1 Å². The van der Waals surface area contributed by atoms with Gasteiger partial charge >= 0.3 is 5.91 Å². The Labute approximate surface area is 150 Å². The van der Waals surface area contributed by atoms with Crippen molar-refractivity contribution in [3.63, 3.8) is 0 Å². The quantitative estimate of drug-likeness (QED) is 0.643. The Balaban J connectivity index is 0.00000243. The molecule has 3 rings (SSSR count). The van der Waals surface area contributed by atoms with Crippen LogP contribution in [0.3, 0.4) is 0 Å². The SMILES string of the molecule is Cc1onc(-c2ccccn2)c1COc1coc(C(=O)NN(C)C)c1.N. The van der Waals surface area contributed by atoms with Crippen LogP contribution >= 0.6 is 0 Å². The van der Waals surface area contributed by atoms with Crippen LogP contribution in [-0.2, 0) is 6.61 Å². The minimum absolute atomic E-state index is 0. The van der Waals surface area contributed by atoms with Crippen LogP contribution in [0.15, 0.2) is 45.7 Å². The summed E-state index contributed by atoms with van der Waals surface area (Å²) in [5, 5.41) is 5.59. The molecule has 3 heterocycles. The molecule has 4 N–H and O–H groups in total. The lowest BCUT2D eigenvalue weighted by atomic mass is 10.1. The average Bonchev–Trinajstić information content (AvgIpc) is 3.20. The van der Waals surface area contributed by atoms with Gasteiger partial charge in [0.15, 0.2) is 11.5 Å². The molecule has 0 atom stereocenters. The predicted molar refractivity (Wildman–Crippen MR) is 93.7 cm³/mol. The highest BCUT2D eigenvalue weighted by molar-refractivity contribution is 5.91. The number of aryl methyl sites for hydroxylation is 1. The number of carbonyl (C=O) groups excluding carboxylic acids is 1. The molecule has 3 aromatic heterocycles. The summed E-state index contributed by atoms with van der Waals surface area (Å²) in [6.07, 6.45) is 3.07. The molecule has 0 saturated carbocycles. The summed E-state index contributed by atoms with van der Waals surface area (Å²) in [6, 6.07) is 7.09. The number of carbonyl (C=O) groups is 1. The van der Waals surface area contributed by atoms with Gasteiger partial charge in [-0.15, -0.1) is 0 Å². The van der Waals surface area contributed by atoms with Crippen LogP contribution in [0.2, 0.25) is 0 Å². The van der Waals surface area contributed by atoms with Crippen molar-refractivity contribution in [3.05, 3.63) is 53.8 Å². The molecule has 0 unspecified atom stereocenters. The minimum Gasteiger partial charge on any atom is -0.485 e.